The molecule has 0 spiro atoms. The van der Waals surface area contributed by atoms with E-state index < -0.39 is 23.7 Å². The van der Waals surface area contributed by atoms with E-state index in [-0.39, 0.29) is 6.04 Å². The molecule has 126 valence electrons. The summed E-state index contributed by atoms with van der Waals surface area (Å²) >= 11 is 0. The number of carbonyl (C=O) groups excluding carboxylic acids is 1. The molecule has 0 saturated carbocycles. The summed E-state index contributed by atoms with van der Waals surface area (Å²) in [6.45, 7) is 6.54. The van der Waals surface area contributed by atoms with Gasteiger partial charge in [0.15, 0.2) is 0 Å². The van der Waals surface area contributed by atoms with Gasteiger partial charge in [-0.1, -0.05) is 30.3 Å². The van der Waals surface area contributed by atoms with E-state index in [9.17, 15) is 14.7 Å². The van der Waals surface area contributed by atoms with Crippen molar-refractivity contribution < 1.29 is 19.4 Å². The van der Waals surface area contributed by atoms with Gasteiger partial charge in [0.05, 0.1) is 0 Å². The summed E-state index contributed by atoms with van der Waals surface area (Å²) in [7, 11) is 0. The second-order valence-electron chi connectivity index (χ2n) is 6.78. The van der Waals surface area contributed by atoms with Crippen LogP contribution in [-0.4, -0.2) is 46.8 Å². The molecule has 2 atom stereocenters. The summed E-state index contributed by atoms with van der Waals surface area (Å²) < 4.78 is 5.24. The lowest BCUT2D eigenvalue weighted by Crippen LogP contribution is -2.41. The van der Waals surface area contributed by atoms with Gasteiger partial charge in [0.1, 0.15) is 11.6 Å². The number of nitrogens with zero attached hydrogens (tertiary/aromatic N) is 1. The third-order valence-corrected chi connectivity index (χ3v) is 3.65. The number of benzene rings is 1. The van der Waals surface area contributed by atoms with E-state index in [2.05, 4.69) is 5.32 Å². The van der Waals surface area contributed by atoms with Crippen molar-refractivity contribution in [3.63, 3.8) is 0 Å². The average Bonchev–Trinajstić information content (AvgIpc) is 2.85. The minimum atomic E-state index is -0.880. The third kappa shape index (κ3) is 4.96. The molecule has 1 aromatic rings. The van der Waals surface area contributed by atoms with Gasteiger partial charge < -0.3 is 15.2 Å². The maximum absolute atomic E-state index is 11.8. The normalized spacial score (nSPS) is 20.0. The molecule has 1 heterocycles. The average molecular weight is 320 g/mol. The number of aliphatic carboxylic acids is 1. The van der Waals surface area contributed by atoms with E-state index in [1.165, 1.54) is 0 Å². The number of hydrogen-bond acceptors (Lipinski definition) is 4. The second kappa shape index (κ2) is 7.00. The maximum Gasteiger partial charge on any atom is 0.407 e. The fourth-order valence-corrected chi connectivity index (χ4v) is 2.76. The zero-order valence-corrected chi connectivity index (χ0v) is 13.8. The SMILES string of the molecule is CC(C)(C)OC(=O)N[C@@H]1CCN([C@H](C(=O)O)c2ccccc2)C1. The summed E-state index contributed by atoms with van der Waals surface area (Å²) in [4.78, 5) is 25.4. The van der Waals surface area contributed by atoms with Gasteiger partial charge in [-0.25, -0.2) is 4.79 Å². The molecule has 23 heavy (non-hydrogen) atoms. The number of carboxylic acid groups (broad SMARTS) is 1. The van der Waals surface area contributed by atoms with E-state index in [4.69, 9.17) is 4.74 Å². The third-order valence-electron chi connectivity index (χ3n) is 3.65. The Bertz CT molecular complexity index is 553. The number of nitrogens with one attached hydrogen (secondary N) is 1. The summed E-state index contributed by atoms with van der Waals surface area (Å²) in [6.07, 6.45) is 0.242. The predicted molar refractivity (Wildman–Crippen MR) is 86.2 cm³/mol. The van der Waals surface area contributed by atoms with Crippen molar-refractivity contribution in [1.29, 1.82) is 0 Å². The zero-order chi connectivity index (χ0) is 17.0. The van der Waals surface area contributed by atoms with Gasteiger partial charge in [0.25, 0.3) is 0 Å². The van der Waals surface area contributed by atoms with Crippen LogP contribution in [0.5, 0.6) is 0 Å². The highest BCUT2D eigenvalue weighted by Gasteiger charge is 2.34. The molecule has 1 aliphatic rings. The van der Waals surface area contributed by atoms with E-state index in [0.29, 0.717) is 19.5 Å². The van der Waals surface area contributed by atoms with E-state index >= 15 is 0 Å². The van der Waals surface area contributed by atoms with Crippen LogP contribution in [0.2, 0.25) is 0 Å². The highest BCUT2D eigenvalue weighted by atomic mass is 16.6. The molecule has 6 heteroatoms. The van der Waals surface area contributed by atoms with Gasteiger partial charge in [0, 0.05) is 19.1 Å². The smallest absolute Gasteiger partial charge is 0.407 e. The zero-order valence-electron chi connectivity index (χ0n) is 13.8. The lowest BCUT2D eigenvalue weighted by molar-refractivity contribution is -0.143. The van der Waals surface area contributed by atoms with Crippen molar-refractivity contribution in [2.45, 2.75) is 44.9 Å². The summed E-state index contributed by atoms with van der Waals surface area (Å²) in [5.41, 5.74) is 0.202. The van der Waals surface area contributed by atoms with Crippen LogP contribution in [0.3, 0.4) is 0 Å². The molecule has 0 aromatic heterocycles. The van der Waals surface area contributed by atoms with Crippen LogP contribution in [-0.2, 0) is 9.53 Å². The monoisotopic (exact) mass is 320 g/mol. The van der Waals surface area contributed by atoms with Crippen molar-refractivity contribution >= 4 is 12.1 Å². The summed E-state index contributed by atoms with van der Waals surface area (Å²) in [6, 6.07) is 8.35. The molecule has 1 fully saturated rings. The highest BCUT2D eigenvalue weighted by Crippen LogP contribution is 2.25. The molecule has 0 radical (unpaired) electrons. The number of carboxylic acids is 1. The van der Waals surface area contributed by atoms with Crippen LogP contribution in [0.25, 0.3) is 0 Å². The minimum Gasteiger partial charge on any atom is -0.480 e. The Hall–Kier alpha value is -2.08. The first-order valence-corrected chi connectivity index (χ1v) is 7.77. The Kier molecular flexibility index (Phi) is 5.26. The summed E-state index contributed by atoms with van der Waals surface area (Å²) in [5, 5.41) is 12.4. The lowest BCUT2D eigenvalue weighted by atomic mass is 10.1. The number of alkyl carbamates (subject to hydrolysis) is 1. The molecule has 0 bridgehead atoms. The van der Waals surface area contributed by atoms with Crippen molar-refractivity contribution in [1.82, 2.24) is 10.2 Å². The molecule has 6 nitrogen and oxygen atoms in total. The van der Waals surface area contributed by atoms with Crippen LogP contribution >= 0.6 is 0 Å². The number of amides is 1. The molecule has 1 saturated heterocycles. The Labute approximate surface area is 136 Å². The van der Waals surface area contributed by atoms with Gasteiger partial charge in [-0.15, -0.1) is 0 Å². The highest BCUT2D eigenvalue weighted by molar-refractivity contribution is 5.75. The molecule has 1 aromatic carbocycles. The van der Waals surface area contributed by atoms with E-state index in [1.54, 1.807) is 0 Å². The lowest BCUT2D eigenvalue weighted by Gasteiger charge is -2.25. The standard InChI is InChI=1S/C17H24N2O4/c1-17(2,3)23-16(22)18-13-9-10-19(11-13)14(15(20)21)12-7-5-4-6-8-12/h4-8,13-14H,9-11H2,1-3H3,(H,18,22)(H,20,21)/t13-,14+/m1/s1. The molecule has 1 amide bonds. The van der Waals surface area contributed by atoms with E-state index in [0.717, 1.165) is 5.56 Å². The first-order valence-electron chi connectivity index (χ1n) is 7.77. The molecule has 1 aliphatic heterocycles. The van der Waals surface area contributed by atoms with Crippen LogP contribution in [0, 0.1) is 0 Å². The number of hydrogen-bond donors (Lipinski definition) is 2. The quantitative estimate of drug-likeness (QED) is 0.890. The molecular weight excluding hydrogens is 296 g/mol. The van der Waals surface area contributed by atoms with Crippen LogP contribution in [0.15, 0.2) is 30.3 Å². The number of likely N-dealkylation sites (tertiary alicyclic amines) is 1. The fourth-order valence-electron chi connectivity index (χ4n) is 2.76. The number of rotatable bonds is 4. The van der Waals surface area contributed by atoms with Gasteiger partial charge in [-0.3, -0.25) is 9.69 Å². The van der Waals surface area contributed by atoms with E-state index in [1.807, 2.05) is 56.0 Å². The number of carbonyl (C=O) groups is 2. The van der Waals surface area contributed by atoms with Crippen molar-refractivity contribution in [2.24, 2.45) is 0 Å². The van der Waals surface area contributed by atoms with Crippen LogP contribution < -0.4 is 5.32 Å². The minimum absolute atomic E-state index is 0.101. The van der Waals surface area contributed by atoms with Gasteiger partial charge in [0.2, 0.25) is 0 Å². The van der Waals surface area contributed by atoms with Gasteiger partial charge in [-0.05, 0) is 32.8 Å². The van der Waals surface area contributed by atoms with Crippen LogP contribution in [0.1, 0.15) is 38.8 Å². The van der Waals surface area contributed by atoms with Gasteiger partial charge in [-0.2, -0.15) is 0 Å². The Morgan fingerprint density at radius 3 is 2.52 bits per heavy atom. The second-order valence-corrected chi connectivity index (χ2v) is 6.78. The molecule has 0 unspecified atom stereocenters. The molecule has 2 N–H and O–H groups in total. The number of ether oxygens (including phenoxy) is 1. The first kappa shape index (κ1) is 17.3. The predicted octanol–water partition coefficient (Wildman–Crippen LogP) is 2.41. The Morgan fingerprint density at radius 1 is 1.30 bits per heavy atom. The summed E-state index contributed by atoms with van der Waals surface area (Å²) in [5.74, 6) is -0.880. The van der Waals surface area contributed by atoms with Crippen molar-refractivity contribution in [3.8, 4) is 0 Å². The molecule has 0 aliphatic carbocycles. The van der Waals surface area contributed by atoms with Crippen molar-refractivity contribution in [2.75, 3.05) is 13.1 Å². The van der Waals surface area contributed by atoms with Crippen molar-refractivity contribution in [3.05, 3.63) is 35.9 Å². The Morgan fingerprint density at radius 2 is 1.96 bits per heavy atom. The van der Waals surface area contributed by atoms with Crippen LogP contribution in [0.4, 0.5) is 4.79 Å². The maximum atomic E-state index is 11.8. The molecular formula is C17H24N2O4. The Balaban J connectivity index is 1.98. The fraction of sp³-hybridized carbons (Fsp3) is 0.529. The first-order chi connectivity index (χ1) is 10.8. The largest absolute Gasteiger partial charge is 0.480 e. The van der Waals surface area contributed by atoms with Gasteiger partial charge >= 0.3 is 12.1 Å². The molecule has 2 rings (SSSR count). The topological polar surface area (TPSA) is 78.9 Å².